The number of fused-ring (bicyclic) bond motifs is 2. The van der Waals surface area contributed by atoms with Crippen molar-refractivity contribution in [1.29, 1.82) is 0 Å². The minimum absolute atomic E-state index is 0.108. The van der Waals surface area contributed by atoms with E-state index in [0.717, 1.165) is 24.7 Å². The van der Waals surface area contributed by atoms with Gasteiger partial charge in [0.2, 0.25) is 5.88 Å². The molecule has 2 heterocycles. The van der Waals surface area contributed by atoms with Crippen molar-refractivity contribution in [3.63, 3.8) is 0 Å². The molecule has 2 aliphatic rings. The first-order chi connectivity index (χ1) is 13.2. The van der Waals surface area contributed by atoms with Crippen LogP contribution in [0.3, 0.4) is 0 Å². The van der Waals surface area contributed by atoms with Crippen LogP contribution in [0.5, 0.6) is 11.6 Å². The quantitative estimate of drug-likeness (QED) is 0.765. The number of aromatic nitrogens is 5. The number of hydrogen-bond donors (Lipinski definition) is 1. The van der Waals surface area contributed by atoms with Gasteiger partial charge in [0.1, 0.15) is 11.9 Å². The topological polar surface area (TPSA) is 86.0 Å². The zero-order valence-electron chi connectivity index (χ0n) is 14.9. The SMILES string of the molecule is Oc1cc(-n2nccn2)ccc1-c1ccc(OC2C[C@H]3CC[C@@H](C2)C3)nn1. The highest BCUT2D eigenvalue weighted by molar-refractivity contribution is 5.68. The summed E-state index contributed by atoms with van der Waals surface area (Å²) in [5, 5.41) is 27.0. The fourth-order valence-electron chi connectivity index (χ4n) is 4.45. The van der Waals surface area contributed by atoms with Gasteiger partial charge in [-0.15, -0.1) is 10.2 Å². The van der Waals surface area contributed by atoms with Gasteiger partial charge in [-0.3, -0.25) is 0 Å². The van der Waals surface area contributed by atoms with Crippen molar-refractivity contribution in [3.8, 4) is 28.6 Å². The number of benzene rings is 1. The Morgan fingerprint density at radius 1 is 0.926 bits per heavy atom. The number of hydrogen-bond acceptors (Lipinski definition) is 6. The van der Waals surface area contributed by atoms with Gasteiger partial charge in [-0.25, -0.2) is 0 Å². The van der Waals surface area contributed by atoms with Gasteiger partial charge in [0, 0.05) is 17.7 Å². The molecule has 2 saturated carbocycles. The van der Waals surface area contributed by atoms with E-state index in [2.05, 4.69) is 20.4 Å². The van der Waals surface area contributed by atoms with E-state index in [-0.39, 0.29) is 11.9 Å². The molecule has 2 bridgehead atoms. The molecule has 0 saturated heterocycles. The number of phenols is 1. The molecule has 7 heteroatoms. The average molecular weight is 363 g/mol. The molecule has 7 nitrogen and oxygen atoms in total. The van der Waals surface area contributed by atoms with Gasteiger partial charge < -0.3 is 9.84 Å². The maximum atomic E-state index is 10.4. The fourth-order valence-corrected chi connectivity index (χ4v) is 4.45. The standard InChI is InChI=1S/C20H21N5O2/c26-19-12-15(25-21-7-8-22-25)3-4-17(19)18-5-6-20(24-23-18)27-16-10-13-1-2-14(9-13)11-16/h3-8,12-14,16,26H,1-2,9-11H2/t13-,14+,16?. The van der Waals surface area contributed by atoms with Crippen molar-refractivity contribution in [2.24, 2.45) is 11.8 Å². The van der Waals surface area contributed by atoms with Crippen molar-refractivity contribution >= 4 is 0 Å². The van der Waals surface area contributed by atoms with Crippen LogP contribution < -0.4 is 4.74 Å². The number of phenolic OH excluding ortho intramolecular Hbond substituents is 1. The van der Waals surface area contributed by atoms with Crippen LogP contribution in [-0.4, -0.2) is 36.4 Å². The van der Waals surface area contributed by atoms with E-state index in [4.69, 9.17) is 4.74 Å². The third-order valence-electron chi connectivity index (χ3n) is 5.68. The minimum atomic E-state index is 0.108. The molecule has 0 amide bonds. The molecule has 0 radical (unpaired) electrons. The van der Waals surface area contributed by atoms with Crippen molar-refractivity contribution in [3.05, 3.63) is 42.7 Å². The summed E-state index contributed by atoms with van der Waals surface area (Å²) in [5.41, 5.74) is 1.89. The van der Waals surface area contributed by atoms with Crippen molar-refractivity contribution in [2.75, 3.05) is 0 Å². The smallest absolute Gasteiger partial charge is 0.233 e. The summed E-state index contributed by atoms with van der Waals surface area (Å²) in [5.74, 6) is 2.31. The van der Waals surface area contributed by atoms with Crippen LogP contribution >= 0.6 is 0 Å². The molecule has 0 spiro atoms. The Morgan fingerprint density at radius 2 is 1.70 bits per heavy atom. The van der Waals surface area contributed by atoms with Crippen LogP contribution in [0, 0.1) is 11.8 Å². The number of ether oxygens (including phenoxy) is 1. The van der Waals surface area contributed by atoms with E-state index in [0.29, 0.717) is 22.8 Å². The highest BCUT2D eigenvalue weighted by Gasteiger charge is 2.35. The Hall–Kier alpha value is -2.96. The monoisotopic (exact) mass is 363 g/mol. The predicted octanol–water partition coefficient (Wildman–Crippen LogP) is 3.39. The van der Waals surface area contributed by atoms with E-state index in [9.17, 15) is 5.11 Å². The molecule has 1 unspecified atom stereocenters. The molecule has 3 atom stereocenters. The predicted molar refractivity (Wildman–Crippen MR) is 98.5 cm³/mol. The summed E-state index contributed by atoms with van der Waals surface area (Å²) in [4.78, 5) is 1.45. The third kappa shape index (κ3) is 3.25. The van der Waals surface area contributed by atoms with Gasteiger partial charge in [-0.1, -0.05) is 12.8 Å². The second kappa shape index (κ2) is 6.64. The highest BCUT2D eigenvalue weighted by atomic mass is 16.5. The van der Waals surface area contributed by atoms with Crippen molar-refractivity contribution in [1.82, 2.24) is 25.2 Å². The van der Waals surface area contributed by atoms with Crippen LogP contribution in [0.4, 0.5) is 0 Å². The van der Waals surface area contributed by atoms with E-state index >= 15 is 0 Å². The van der Waals surface area contributed by atoms with E-state index in [1.165, 1.54) is 24.1 Å². The lowest BCUT2D eigenvalue weighted by molar-refractivity contribution is 0.113. The lowest BCUT2D eigenvalue weighted by atomic mass is 9.87. The zero-order chi connectivity index (χ0) is 18.2. The summed E-state index contributed by atoms with van der Waals surface area (Å²) >= 11 is 0. The molecule has 2 aliphatic carbocycles. The normalized spacial score (nSPS) is 24.1. The molecule has 3 aromatic rings. The molecule has 2 aromatic heterocycles. The number of aromatic hydroxyl groups is 1. The molecule has 0 aliphatic heterocycles. The summed E-state index contributed by atoms with van der Waals surface area (Å²) in [6.07, 6.45) is 9.75. The average Bonchev–Trinajstić information content (AvgIpc) is 3.32. The molecular weight excluding hydrogens is 342 g/mol. The maximum Gasteiger partial charge on any atom is 0.233 e. The Bertz CT molecular complexity index is 914. The highest BCUT2D eigenvalue weighted by Crippen LogP contribution is 2.43. The minimum Gasteiger partial charge on any atom is -0.507 e. The lowest BCUT2D eigenvalue weighted by Gasteiger charge is -2.27. The molecule has 1 aromatic carbocycles. The van der Waals surface area contributed by atoms with Crippen LogP contribution in [0.15, 0.2) is 42.7 Å². The maximum absolute atomic E-state index is 10.4. The summed E-state index contributed by atoms with van der Waals surface area (Å²) in [6.45, 7) is 0. The Balaban J connectivity index is 1.31. The summed E-state index contributed by atoms with van der Waals surface area (Å²) < 4.78 is 6.07. The van der Waals surface area contributed by atoms with Gasteiger partial charge in [-0.05, 0) is 49.3 Å². The Kier molecular flexibility index (Phi) is 3.99. The zero-order valence-corrected chi connectivity index (χ0v) is 14.9. The van der Waals surface area contributed by atoms with Crippen LogP contribution in [0.2, 0.25) is 0 Å². The van der Waals surface area contributed by atoms with Crippen LogP contribution in [-0.2, 0) is 0 Å². The molecule has 5 rings (SSSR count). The second-order valence-electron chi connectivity index (χ2n) is 7.53. The van der Waals surface area contributed by atoms with Gasteiger partial charge in [-0.2, -0.15) is 15.0 Å². The number of nitrogens with zero attached hydrogens (tertiary/aromatic N) is 5. The lowest BCUT2D eigenvalue weighted by Crippen LogP contribution is -2.26. The summed E-state index contributed by atoms with van der Waals surface area (Å²) in [6, 6.07) is 8.90. The van der Waals surface area contributed by atoms with Gasteiger partial charge in [0.15, 0.2) is 0 Å². The first-order valence-corrected chi connectivity index (χ1v) is 9.45. The van der Waals surface area contributed by atoms with E-state index in [1.54, 1.807) is 24.5 Å². The third-order valence-corrected chi connectivity index (χ3v) is 5.68. The first kappa shape index (κ1) is 16.2. The van der Waals surface area contributed by atoms with Crippen LogP contribution in [0.1, 0.15) is 32.1 Å². The van der Waals surface area contributed by atoms with Crippen molar-refractivity contribution < 1.29 is 9.84 Å². The largest absolute Gasteiger partial charge is 0.507 e. The van der Waals surface area contributed by atoms with Crippen molar-refractivity contribution in [2.45, 2.75) is 38.2 Å². The molecule has 138 valence electrons. The Labute approximate surface area is 157 Å². The Morgan fingerprint density at radius 3 is 2.37 bits per heavy atom. The van der Waals surface area contributed by atoms with E-state index < -0.39 is 0 Å². The van der Waals surface area contributed by atoms with Gasteiger partial charge in [0.25, 0.3) is 0 Å². The van der Waals surface area contributed by atoms with Gasteiger partial charge in [0.05, 0.1) is 23.8 Å². The molecule has 2 fully saturated rings. The van der Waals surface area contributed by atoms with Crippen LogP contribution in [0.25, 0.3) is 16.9 Å². The van der Waals surface area contributed by atoms with E-state index in [1.807, 2.05) is 18.2 Å². The first-order valence-electron chi connectivity index (χ1n) is 9.45. The molecular formula is C20H21N5O2. The molecule has 27 heavy (non-hydrogen) atoms. The fraction of sp³-hybridized carbons (Fsp3) is 0.400. The van der Waals surface area contributed by atoms with Gasteiger partial charge >= 0.3 is 0 Å². The second-order valence-corrected chi connectivity index (χ2v) is 7.53. The number of rotatable bonds is 4. The molecule has 1 N–H and O–H groups in total. The summed E-state index contributed by atoms with van der Waals surface area (Å²) in [7, 11) is 0.